The number of oxazole rings is 1. The molecule has 1 aromatic heterocycles. The molecule has 0 aromatic carbocycles. The molecule has 4 nitrogen and oxygen atoms in total. The highest BCUT2D eigenvalue weighted by Crippen LogP contribution is 2.09. The largest absolute Gasteiger partial charge is 0.481 e. The Morgan fingerprint density at radius 3 is 2.92 bits per heavy atom. The third-order valence-corrected chi connectivity index (χ3v) is 1.51. The molecule has 13 heavy (non-hydrogen) atoms. The second kappa shape index (κ2) is 4.07. The van der Waals surface area contributed by atoms with Crippen LogP contribution in [0, 0.1) is 5.92 Å². The minimum atomic E-state index is -0.896. The standard InChI is InChI=1S/C9H13NO3/c1-6(2)3-8-10-5-7(13-8)4-9(11)12/h5-6H,3-4H2,1-2H3,(H,11,12). The lowest BCUT2D eigenvalue weighted by atomic mass is 10.1. The van der Waals surface area contributed by atoms with E-state index in [9.17, 15) is 4.79 Å². The molecule has 4 heteroatoms. The topological polar surface area (TPSA) is 63.3 Å². The van der Waals surface area contributed by atoms with Gasteiger partial charge in [0.1, 0.15) is 12.2 Å². The molecule has 0 aliphatic carbocycles. The highest BCUT2D eigenvalue weighted by atomic mass is 16.4. The molecule has 0 amide bonds. The summed E-state index contributed by atoms with van der Waals surface area (Å²) < 4.78 is 5.21. The molecule has 1 aromatic rings. The average molecular weight is 183 g/mol. The number of carboxylic acids is 1. The molecule has 0 spiro atoms. The van der Waals surface area contributed by atoms with E-state index in [2.05, 4.69) is 18.8 Å². The summed E-state index contributed by atoms with van der Waals surface area (Å²) in [5.41, 5.74) is 0. The molecule has 0 aliphatic heterocycles. The Morgan fingerprint density at radius 2 is 2.38 bits per heavy atom. The molecule has 1 N–H and O–H groups in total. The monoisotopic (exact) mass is 183 g/mol. The first-order chi connectivity index (χ1) is 6.08. The van der Waals surface area contributed by atoms with E-state index in [-0.39, 0.29) is 6.42 Å². The maximum absolute atomic E-state index is 10.3. The third kappa shape index (κ3) is 3.27. The van der Waals surface area contributed by atoms with E-state index in [1.54, 1.807) is 0 Å². The van der Waals surface area contributed by atoms with Gasteiger partial charge in [0.05, 0.1) is 6.20 Å². The normalized spacial score (nSPS) is 10.7. The van der Waals surface area contributed by atoms with Gasteiger partial charge < -0.3 is 9.52 Å². The fourth-order valence-corrected chi connectivity index (χ4v) is 1.02. The summed E-state index contributed by atoms with van der Waals surface area (Å²) in [6.45, 7) is 4.11. The lowest BCUT2D eigenvalue weighted by Crippen LogP contribution is -1.98. The maximum atomic E-state index is 10.3. The van der Waals surface area contributed by atoms with Gasteiger partial charge >= 0.3 is 5.97 Å². The Labute approximate surface area is 76.6 Å². The summed E-state index contributed by atoms with van der Waals surface area (Å²) >= 11 is 0. The Kier molecular flexibility index (Phi) is 3.06. The molecule has 72 valence electrons. The smallest absolute Gasteiger partial charge is 0.311 e. The van der Waals surface area contributed by atoms with Crippen molar-refractivity contribution in [3.8, 4) is 0 Å². The zero-order valence-corrected chi connectivity index (χ0v) is 7.78. The minimum absolute atomic E-state index is 0.0922. The zero-order valence-electron chi connectivity index (χ0n) is 7.78. The minimum Gasteiger partial charge on any atom is -0.481 e. The lowest BCUT2D eigenvalue weighted by molar-refractivity contribution is -0.136. The first kappa shape index (κ1) is 9.77. The Morgan fingerprint density at radius 1 is 1.69 bits per heavy atom. The predicted molar refractivity (Wildman–Crippen MR) is 46.4 cm³/mol. The number of hydrogen-bond donors (Lipinski definition) is 1. The van der Waals surface area contributed by atoms with E-state index in [1.165, 1.54) is 6.20 Å². The van der Waals surface area contributed by atoms with Crippen LogP contribution in [0.2, 0.25) is 0 Å². The van der Waals surface area contributed by atoms with Gasteiger partial charge in [0.2, 0.25) is 0 Å². The van der Waals surface area contributed by atoms with Crippen molar-refractivity contribution in [2.45, 2.75) is 26.7 Å². The number of nitrogens with zero attached hydrogens (tertiary/aromatic N) is 1. The van der Waals surface area contributed by atoms with Gasteiger partial charge in [0.25, 0.3) is 0 Å². The molecule has 0 radical (unpaired) electrons. The van der Waals surface area contributed by atoms with E-state index in [0.29, 0.717) is 17.6 Å². The number of hydrogen-bond acceptors (Lipinski definition) is 3. The summed E-state index contributed by atoms with van der Waals surface area (Å²) in [6.07, 6.45) is 2.14. The van der Waals surface area contributed by atoms with Crippen LogP contribution < -0.4 is 0 Å². The molecule has 0 bridgehead atoms. The number of aliphatic carboxylic acids is 1. The molecule has 0 unspecified atom stereocenters. The molecule has 0 saturated carbocycles. The predicted octanol–water partition coefficient (Wildman–Crippen LogP) is 1.50. The highest BCUT2D eigenvalue weighted by Gasteiger charge is 2.08. The van der Waals surface area contributed by atoms with Crippen molar-refractivity contribution < 1.29 is 14.3 Å². The molecule has 1 rings (SSSR count). The van der Waals surface area contributed by atoms with Crippen LogP contribution in [0.4, 0.5) is 0 Å². The second-order valence-corrected chi connectivity index (χ2v) is 3.39. The Bertz CT molecular complexity index is 291. The maximum Gasteiger partial charge on any atom is 0.311 e. The molecule has 1 heterocycles. The van der Waals surface area contributed by atoms with Crippen LogP contribution in [-0.4, -0.2) is 16.1 Å². The molecule has 0 aliphatic rings. The fourth-order valence-electron chi connectivity index (χ4n) is 1.02. The van der Waals surface area contributed by atoms with Crippen molar-refractivity contribution in [3.05, 3.63) is 17.8 Å². The van der Waals surface area contributed by atoms with Crippen molar-refractivity contribution in [2.24, 2.45) is 5.92 Å². The Hall–Kier alpha value is -1.32. The van der Waals surface area contributed by atoms with Crippen molar-refractivity contribution >= 4 is 5.97 Å². The fraction of sp³-hybridized carbons (Fsp3) is 0.556. The van der Waals surface area contributed by atoms with Crippen LogP contribution in [0.3, 0.4) is 0 Å². The molecule has 0 atom stereocenters. The first-order valence-electron chi connectivity index (χ1n) is 4.23. The lowest BCUT2D eigenvalue weighted by Gasteiger charge is -1.97. The molecule has 0 fully saturated rings. The molecular formula is C9H13NO3. The summed E-state index contributed by atoms with van der Waals surface area (Å²) in [5.74, 6) is 0.609. The van der Waals surface area contributed by atoms with Gasteiger partial charge in [-0.3, -0.25) is 4.79 Å². The van der Waals surface area contributed by atoms with Crippen molar-refractivity contribution in [1.29, 1.82) is 0 Å². The number of rotatable bonds is 4. The second-order valence-electron chi connectivity index (χ2n) is 3.39. The van der Waals surface area contributed by atoms with Crippen LogP contribution in [0.5, 0.6) is 0 Å². The highest BCUT2D eigenvalue weighted by molar-refractivity contribution is 5.69. The van der Waals surface area contributed by atoms with Crippen molar-refractivity contribution in [1.82, 2.24) is 4.98 Å². The van der Waals surface area contributed by atoms with Gasteiger partial charge in [-0.1, -0.05) is 13.8 Å². The van der Waals surface area contributed by atoms with Gasteiger partial charge in [0.15, 0.2) is 5.89 Å². The SMILES string of the molecule is CC(C)Cc1ncc(CC(=O)O)o1. The first-order valence-corrected chi connectivity index (χ1v) is 4.23. The molecular weight excluding hydrogens is 170 g/mol. The van der Waals surface area contributed by atoms with E-state index < -0.39 is 5.97 Å². The quantitative estimate of drug-likeness (QED) is 0.768. The average Bonchev–Trinajstić information content (AvgIpc) is 2.33. The van der Waals surface area contributed by atoms with Crippen molar-refractivity contribution in [2.75, 3.05) is 0 Å². The van der Waals surface area contributed by atoms with Crippen LogP contribution in [0.15, 0.2) is 10.6 Å². The van der Waals surface area contributed by atoms with Gasteiger partial charge in [0, 0.05) is 6.42 Å². The molecule has 0 saturated heterocycles. The Balaban J connectivity index is 2.58. The van der Waals surface area contributed by atoms with Gasteiger partial charge in [-0.2, -0.15) is 0 Å². The van der Waals surface area contributed by atoms with Crippen LogP contribution in [-0.2, 0) is 17.6 Å². The van der Waals surface area contributed by atoms with Gasteiger partial charge in [-0.15, -0.1) is 0 Å². The van der Waals surface area contributed by atoms with Crippen LogP contribution in [0.1, 0.15) is 25.5 Å². The third-order valence-electron chi connectivity index (χ3n) is 1.51. The number of carboxylic acid groups (broad SMARTS) is 1. The number of aromatic nitrogens is 1. The summed E-state index contributed by atoms with van der Waals surface area (Å²) in [6, 6.07) is 0. The summed E-state index contributed by atoms with van der Waals surface area (Å²) in [4.78, 5) is 14.3. The summed E-state index contributed by atoms with van der Waals surface area (Å²) in [5, 5.41) is 8.47. The van der Waals surface area contributed by atoms with E-state index in [0.717, 1.165) is 6.42 Å². The summed E-state index contributed by atoms with van der Waals surface area (Å²) in [7, 11) is 0. The van der Waals surface area contributed by atoms with Crippen molar-refractivity contribution in [3.63, 3.8) is 0 Å². The van der Waals surface area contributed by atoms with Crippen LogP contribution in [0.25, 0.3) is 0 Å². The van der Waals surface area contributed by atoms with E-state index >= 15 is 0 Å². The van der Waals surface area contributed by atoms with E-state index in [1.807, 2.05) is 0 Å². The van der Waals surface area contributed by atoms with Crippen LogP contribution >= 0.6 is 0 Å². The van der Waals surface area contributed by atoms with Gasteiger partial charge in [-0.25, -0.2) is 4.98 Å². The number of carbonyl (C=O) groups is 1. The zero-order chi connectivity index (χ0) is 9.84. The van der Waals surface area contributed by atoms with E-state index in [4.69, 9.17) is 9.52 Å². The van der Waals surface area contributed by atoms with Gasteiger partial charge in [-0.05, 0) is 5.92 Å².